The van der Waals surface area contributed by atoms with Crippen LogP contribution in [0.3, 0.4) is 0 Å². The van der Waals surface area contributed by atoms with Crippen LogP contribution >= 0.6 is 0 Å². The molecule has 0 atom stereocenters. The molecule has 2 aromatic rings. The number of cyclic esters (lactones) is 1. The summed E-state index contributed by atoms with van der Waals surface area (Å²) in [6, 6.07) is 9.91. The van der Waals surface area contributed by atoms with Gasteiger partial charge in [0.2, 0.25) is 5.90 Å². The van der Waals surface area contributed by atoms with Crippen molar-refractivity contribution < 1.29 is 36.9 Å². The quantitative estimate of drug-likeness (QED) is 0.569. The third-order valence-corrected chi connectivity index (χ3v) is 3.67. The largest absolute Gasteiger partial charge is 0.573 e. The van der Waals surface area contributed by atoms with Gasteiger partial charge in [-0.3, -0.25) is 0 Å². The van der Waals surface area contributed by atoms with Gasteiger partial charge in [0, 0.05) is 5.56 Å². The van der Waals surface area contributed by atoms with Gasteiger partial charge in [-0.25, -0.2) is 9.79 Å². The maximum Gasteiger partial charge on any atom is 0.573 e. The number of hydrogen-bond acceptors (Lipinski definition) is 6. The van der Waals surface area contributed by atoms with E-state index >= 15 is 0 Å². The monoisotopic (exact) mass is 393 g/mol. The number of carbonyl (C=O) groups is 1. The number of hydrogen-bond donors (Lipinski definition) is 0. The van der Waals surface area contributed by atoms with Crippen LogP contribution in [0.25, 0.3) is 6.08 Å². The van der Waals surface area contributed by atoms with E-state index in [1.807, 2.05) is 0 Å². The van der Waals surface area contributed by atoms with Gasteiger partial charge in [0.05, 0.1) is 14.2 Å². The van der Waals surface area contributed by atoms with Gasteiger partial charge in [0.1, 0.15) is 5.75 Å². The molecule has 0 N–H and O–H groups in total. The second-order valence-corrected chi connectivity index (χ2v) is 5.52. The third-order valence-electron chi connectivity index (χ3n) is 3.67. The Bertz CT molecular complexity index is 949. The summed E-state index contributed by atoms with van der Waals surface area (Å²) in [4.78, 5) is 16.2. The highest BCUT2D eigenvalue weighted by molar-refractivity contribution is 6.13. The van der Waals surface area contributed by atoms with E-state index in [1.165, 1.54) is 32.4 Å². The lowest BCUT2D eigenvalue weighted by Gasteiger charge is -2.08. The Morgan fingerprint density at radius 1 is 1.00 bits per heavy atom. The van der Waals surface area contributed by atoms with Crippen LogP contribution in [-0.2, 0) is 9.53 Å². The highest BCUT2D eigenvalue weighted by Crippen LogP contribution is 2.30. The Kier molecular flexibility index (Phi) is 5.25. The zero-order chi connectivity index (χ0) is 20.3. The van der Waals surface area contributed by atoms with E-state index in [1.54, 1.807) is 18.2 Å². The average molecular weight is 393 g/mol. The SMILES string of the molecule is COc1ccc(C2=NC(=Cc3ccc(OC(F)(F)F)cc3)C(=O)O2)cc1OC. The molecule has 0 aromatic heterocycles. The van der Waals surface area contributed by atoms with E-state index in [-0.39, 0.29) is 17.3 Å². The minimum absolute atomic E-state index is 0.00859. The summed E-state index contributed by atoms with van der Waals surface area (Å²) in [5.41, 5.74) is 0.969. The van der Waals surface area contributed by atoms with Crippen LogP contribution < -0.4 is 14.2 Å². The van der Waals surface area contributed by atoms with Crippen molar-refractivity contribution in [3.8, 4) is 17.2 Å². The number of methoxy groups -OCH3 is 2. The maximum absolute atomic E-state index is 12.2. The van der Waals surface area contributed by atoms with Crippen molar-refractivity contribution in [2.75, 3.05) is 14.2 Å². The number of nitrogens with zero attached hydrogens (tertiary/aromatic N) is 1. The summed E-state index contributed by atoms with van der Waals surface area (Å²) in [6.45, 7) is 0. The van der Waals surface area contributed by atoms with E-state index in [9.17, 15) is 18.0 Å². The van der Waals surface area contributed by atoms with Crippen molar-refractivity contribution in [1.29, 1.82) is 0 Å². The molecule has 9 heteroatoms. The van der Waals surface area contributed by atoms with Crippen LogP contribution in [0, 0.1) is 0 Å². The van der Waals surface area contributed by atoms with Gasteiger partial charge in [-0.2, -0.15) is 0 Å². The van der Waals surface area contributed by atoms with Crippen LogP contribution in [-0.4, -0.2) is 32.4 Å². The minimum Gasteiger partial charge on any atom is -0.493 e. The lowest BCUT2D eigenvalue weighted by Crippen LogP contribution is -2.16. The summed E-state index contributed by atoms with van der Waals surface area (Å²) in [5, 5.41) is 0. The van der Waals surface area contributed by atoms with Crippen LogP contribution in [0.5, 0.6) is 17.2 Å². The molecule has 0 fully saturated rings. The molecule has 3 rings (SSSR count). The van der Waals surface area contributed by atoms with Gasteiger partial charge >= 0.3 is 12.3 Å². The highest BCUT2D eigenvalue weighted by Gasteiger charge is 2.31. The van der Waals surface area contributed by atoms with Gasteiger partial charge in [-0.1, -0.05) is 12.1 Å². The molecular weight excluding hydrogens is 379 g/mol. The molecule has 0 spiro atoms. The number of rotatable bonds is 5. The number of benzene rings is 2. The molecule has 0 amide bonds. The first kappa shape index (κ1) is 19.3. The average Bonchev–Trinajstić information content (AvgIpc) is 3.02. The van der Waals surface area contributed by atoms with Crippen LogP contribution in [0.15, 0.2) is 53.2 Å². The zero-order valence-corrected chi connectivity index (χ0v) is 14.7. The van der Waals surface area contributed by atoms with E-state index in [4.69, 9.17) is 14.2 Å². The Labute approximate surface area is 157 Å². The van der Waals surface area contributed by atoms with E-state index < -0.39 is 12.3 Å². The number of alkyl halides is 3. The van der Waals surface area contributed by atoms with E-state index in [0.29, 0.717) is 22.6 Å². The molecule has 1 aliphatic rings. The normalized spacial score (nSPS) is 15.2. The first-order valence-corrected chi connectivity index (χ1v) is 7.90. The molecule has 0 radical (unpaired) electrons. The summed E-state index contributed by atoms with van der Waals surface area (Å²) in [7, 11) is 2.97. The predicted octanol–water partition coefficient (Wildman–Crippen LogP) is 3.95. The molecule has 6 nitrogen and oxygen atoms in total. The molecule has 2 aromatic carbocycles. The van der Waals surface area contributed by atoms with E-state index in [0.717, 1.165) is 12.1 Å². The molecule has 0 bridgehead atoms. The third kappa shape index (κ3) is 4.43. The van der Waals surface area contributed by atoms with Gasteiger partial charge in [-0.05, 0) is 42.0 Å². The number of halogens is 3. The smallest absolute Gasteiger partial charge is 0.493 e. The molecule has 0 saturated heterocycles. The molecule has 0 aliphatic carbocycles. The Hall–Kier alpha value is -3.49. The maximum atomic E-state index is 12.2. The van der Waals surface area contributed by atoms with Gasteiger partial charge in [0.25, 0.3) is 0 Å². The number of aliphatic imine (C=N–C) groups is 1. The Balaban J connectivity index is 1.83. The van der Waals surface area contributed by atoms with E-state index in [2.05, 4.69) is 9.73 Å². The van der Waals surface area contributed by atoms with Crippen LogP contribution in [0.1, 0.15) is 11.1 Å². The van der Waals surface area contributed by atoms with Gasteiger partial charge < -0.3 is 18.9 Å². The van der Waals surface area contributed by atoms with Crippen molar-refractivity contribution in [3.05, 3.63) is 59.3 Å². The number of carbonyl (C=O) groups excluding carboxylic acids is 1. The second-order valence-electron chi connectivity index (χ2n) is 5.52. The van der Waals surface area contributed by atoms with Crippen molar-refractivity contribution in [2.24, 2.45) is 4.99 Å². The standard InChI is InChI=1S/C19H14F3NO5/c1-25-15-8-5-12(10-16(15)26-2)17-23-14(18(24)27-17)9-11-3-6-13(7-4-11)28-19(20,21)22/h3-10H,1-2H3. The molecule has 0 saturated carbocycles. The van der Waals surface area contributed by atoms with Crippen LogP contribution in [0.4, 0.5) is 13.2 Å². The fourth-order valence-corrected chi connectivity index (χ4v) is 2.43. The van der Waals surface area contributed by atoms with Crippen molar-refractivity contribution in [1.82, 2.24) is 0 Å². The molecule has 28 heavy (non-hydrogen) atoms. The number of esters is 1. The second kappa shape index (κ2) is 7.63. The van der Waals surface area contributed by atoms with Crippen molar-refractivity contribution in [2.45, 2.75) is 6.36 Å². The highest BCUT2D eigenvalue weighted by atomic mass is 19.4. The molecule has 0 unspecified atom stereocenters. The molecule has 146 valence electrons. The topological polar surface area (TPSA) is 66.4 Å². The Morgan fingerprint density at radius 2 is 1.68 bits per heavy atom. The fraction of sp³-hybridized carbons (Fsp3) is 0.158. The fourth-order valence-electron chi connectivity index (χ4n) is 2.43. The summed E-state index contributed by atoms with van der Waals surface area (Å²) in [5.74, 6) is -0.0164. The van der Waals surface area contributed by atoms with Crippen LogP contribution in [0.2, 0.25) is 0 Å². The van der Waals surface area contributed by atoms with Gasteiger partial charge in [-0.15, -0.1) is 13.2 Å². The molecule has 1 aliphatic heterocycles. The zero-order valence-electron chi connectivity index (χ0n) is 14.7. The van der Waals surface area contributed by atoms with Crippen molar-refractivity contribution in [3.63, 3.8) is 0 Å². The van der Waals surface area contributed by atoms with Crippen molar-refractivity contribution >= 4 is 17.9 Å². The summed E-state index contributed by atoms with van der Waals surface area (Å²) < 4.78 is 55.9. The number of ether oxygens (including phenoxy) is 4. The lowest BCUT2D eigenvalue weighted by molar-refractivity contribution is -0.274. The predicted molar refractivity (Wildman–Crippen MR) is 93.3 cm³/mol. The Morgan fingerprint density at radius 3 is 2.29 bits per heavy atom. The summed E-state index contributed by atoms with van der Waals surface area (Å²) >= 11 is 0. The molecular formula is C19H14F3NO5. The van der Waals surface area contributed by atoms with Gasteiger partial charge in [0.15, 0.2) is 17.2 Å². The summed E-state index contributed by atoms with van der Waals surface area (Å²) in [6.07, 6.45) is -3.37. The lowest BCUT2D eigenvalue weighted by atomic mass is 10.2. The first-order valence-electron chi connectivity index (χ1n) is 7.90. The first-order chi connectivity index (χ1) is 13.3. The molecule has 1 heterocycles. The minimum atomic E-state index is -4.77.